The van der Waals surface area contributed by atoms with E-state index in [1.54, 1.807) is 0 Å². The minimum absolute atomic E-state index is 0.0853. The predicted molar refractivity (Wildman–Crippen MR) is 50.0 cm³/mol. The van der Waals surface area contributed by atoms with E-state index < -0.39 is 10.6 Å². The number of nitro benzene ring substituents is 1. The number of methoxy groups -OCH3 is 1. The van der Waals surface area contributed by atoms with Crippen molar-refractivity contribution in [1.82, 2.24) is 0 Å². The Bertz CT molecular complexity index is 391. The van der Waals surface area contributed by atoms with Crippen LogP contribution >= 0.6 is 11.6 Å². The molecular formula is C8H6ClNO4. The van der Waals surface area contributed by atoms with Crippen LogP contribution in [0, 0.1) is 10.1 Å². The molecule has 0 aliphatic heterocycles. The maximum absolute atomic E-state index is 10.6. The van der Waals surface area contributed by atoms with Crippen LogP contribution in [0.15, 0.2) is 12.1 Å². The van der Waals surface area contributed by atoms with Crippen molar-refractivity contribution in [2.75, 3.05) is 7.11 Å². The minimum Gasteiger partial charge on any atom is -0.496 e. The Labute approximate surface area is 84.4 Å². The van der Waals surface area contributed by atoms with Gasteiger partial charge in [0.2, 0.25) is 0 Å². The van der Waals surface area contributed by atoms with Gasteiger partial charge in [0.05, 0.1) is 12.0 Å². The number of ether oxygens (including phenoxy) is 1. The van der Waals surface area contributed by atoms with Gasteiger partial charge < -0.3 is 4.74 Å². The Morgan fingerprint density at radius 1 is 1.57 bits per heavy atom. The van der Waals surface area contributed by atoms with Gasteiger partial charge in [-0.2, -0.15) is 0 Å². The molecule has 0 unspecified atom stereocenters. The molecule has 0 aromatic heterocycles. The Balaban J connectivity index is 3.50. The molecule has 0 N–H and O–H groups in total. The maximum Gasteiger partial charge on any atom is 0.302 e. The number of carbonyl (C=O) groups excluding carboxylic acids is 1. The lowest BCUT2D eigenvalue weighted by molar-refractivity contribution is -0.385. The van der Waals surface area contributed by atoms with E-state index in [2.05, 4.69) is 0 Å². The zero-order valence-corrected chi connectivity index (χ0v) is 7.95. The van der Waals surface area contributed by atoms with Crippen molar-refractivity contribution >= 4 is 23.6 Å². The van der Waals surface area contributed by atoms with Crippen molar-refractivity contribution in [2.45, 2.75) is 0 Å². The molecule has 0 spiro atoms. The number of aldehydes is 1. The van der Waals surface area contributed by atoms with Gasteiger partial charge in [0.1, 0.15) is 16.3 Å². The zero-order valence-electron chi connectivity index (χ0n) is 7.19. The van der Waals surface area contributed by atoms with E-state index >= 15 is 0 Å². The largest absolute Gasteiger partial charge is 0.496 e. The van der Waals surface area contributed by atoms with Gasteiger partial charge in [0.15, 0.2) is 6.29 Å². The molecule has 0 amide bonds. The lowest BCUT2D eigenvalue weighted by Gasteiger charge is -2.04. The van der Waals surface area contributed by atoms with Gasteiger partial charge in [0, 0.05) is 0 Å². The summed E-state index contributed by atoms with van der Waals surface area (Å²) in [7, 11) is 1.32. The van der Waals surface area contributed by atoms with Crippen molar-refractivity contribution in [1.29, 1.82) is 0 Å². The third-order valence-corrected chi connectivity index (χ3v) is 1.95. The Hall–Kier alpha value is -1.62. The van der Waals surface area contributed by atoms with Gasteiger partial charge in [-0.15, -0.1) is 0 Å². The highest BCUT2D eigenvalue weighted by atomic mass is 35.5. The summed E-state index contributed by atoms with van der Waals surface area (Å²) in [6.07, 6.45) is 0.350. The summed E-state index contributed by atoms with van der Waals surface area (Å²) in [4.78, 5) is 20.5. The number of benzene rings is 1. The minimum atomic E-state index is -0.714. The molecule has 1 rings (SSSR count). The van der Waals surface area contributed by atoms with Gasteiger partial charge in [-0.1, -0.05) is 11.6 Å². The van der Waals surface area contributed by atoms with Crippen LogP contribution < -0.4 is 4.74 Å². The number of hydrogen-bond donors (Lipinski definition) is 0. The zero-order chi connectivity index (χ0) is 10.7. The van der Waals surface area contributed by atoms with Crippen LogP contribution in [0.1, 0.15) is 10.4 Å². The highest BCUT2D eigenvalue weighted by Crippen LogP contribution is 2.33. The third kappa shape index (κ3) is 1.67. The molecule has 0 aliphatic rings. The summed E-state index contributed by atoms with van der Waals surface area (Å²) in [5, 5.41) is 10.5. The smallest absolute Gasteiger partial charge is 0.302 e. The normalized spacial score (nSPS) is 9.57. The molecule has 0 fully saturated rings. The second kappa shape index (κ2) is 4.06. The predicted octanol–water partition coefficient (Wildman–Crippen LogP) is 2.07. The first-order chi connectivity index (χ1) is 6.61. The van der Waals surface area contributed by atoms with Crippen LogP contribution in [0.25, 0.3) is 0 Å². The van der Waals surface area contributed by atoms with E-state index in [-0.39, 0.29) is 16.3 Å². The molecule has 0 bridgehead atoms. The average molecular weight is 216 g/mol. The van der Waals surface area contributed by atoms with E-state index in [0.717, 1.165) is 0 Å². The van der Waals surface area contributed by atoms with Gasteiger partial charge in [0.25, 0.3) is 0 Å². The quantitative estimate of drug-likeness (QED) is 0.440. The molecule has 5 nitrogen and oxygen atoms in total. The summed E-state index contributed by atoms with van der Waals surface area (Å²) in [5.41, 5.74) is -0.578. The molecule has 0 heterocycles. The Morgan fingerprint density at radius 2 is 2.21 bits per heavy atom. The van der Waals surface area contributed by atoms with Gasteiger partial charge in [-0.3, -0.25) is 14.9 Å². The first-order valence-corrected chi connectivity index (χ1v) is 3.95. The SMILES string of the molecule is COc1ccc(Cl)c([N+](=O)[O-])c1C=O. The fraction of sp³-hybridized carbons (Fsp3) is 0.125. The lowest BCUT2D eigenvalue weighted by atomic mass is 10.2. The van der Waals surface area contributed by atoms with Crippen molar-refractivity contribution < 1.29 is 14.5 Å². The van der Waals surface area contributed by atoms with Crippen molar-refractivity contribution in [3.05, 3.63) is 32.8 Å². The summed E-state index contributed by atoms with van der Waals surface area (Å²) >= 11 is 5.58. The highest BCUT2D eigenvalue weighted by Gasteiger charge is 2.22. The first-order valence-electron chi connectivity index (χ1n) is 3.58. The van der Waals surface area contributed by atoms with E-state index in [1.165, 1.54) is 19.2 Å². The molecule has 0 aliphatic carbocycles. The second-order valence-corrected chi connectivity index (χ2v) is 2.79. The number of nitro groups is 1. The molecule has 0 radical (unpaired) electrons. The molecule has 0 saturated carbocycles. The average Bonchev–Trinajstić information content (AvgIpc) is 2.16. The van der Waals surface area contributed by atoms with Crippen molar-refractivity contribution in [3.8, 4) is 5.75 Å². The molecule has 0 saturated heterocycles. The molecular weight excluding hydrogens is 210 g/mol. The van der Waals surface area contributed by atoms with E-state index in [9.17, 15) is 14.9 Å². The van der Waals surface area contributed by atoms with Crippen LogP contribution in [-0.2, 0) is 0 Å². The molecule has 6 heteroatoms. The number of hydrogen-bond acceptors (Lipinski definition) is 4. The summed E-state index contributed by atoms with van der Waals surface area (Å²) in [6, 6.07) is 2.71. The molecule has 1 aromatic rings. The summed E-state index contributed by atoms with van der Waals surface area (Å²) < 4.78 is 4.79. The van der Waals surface area contributed by atoms with Gasteiger partial charge in [-0.25, -0.2) is 0 Å². The van der Waals surface area contributed by atoms with Gasteiger partial charge >= 0.3 is 5.69 Å². The Morgan fingerprint density at radius 3 is 2.64 bits per heavy atom. The fourth-order valence-corrected chi connectivity index (χ4v) is 1.27. The van der Waals surface area contributed by atoms with E-state index in [0.29, 0.717) is 6.29 Å². The van der Waals surface area contributed by atoms with E-state index in [4.69, 9.17) is 16.3 Å². The van der Waals surface area contributed by atoms with Crippen LogP contribution in [0.4, 0.5) is 5.69 Å². The number of rotatable bonds is 3. The van der Waals surface area contributed by atoms with E-state index in [1.807, 2.05) is 0 Å². The lowest BCUT2D eigenvalue weighted by Crippen LogP contribution is -1.98. The first kappa shape index (κ1) is 10.5. The summed E-state index contributed by atoms with van der Waals surface area (Å²) in [5.74, 6) is 0.135. The number of halogens is 1. The number of nitrogens with zero attached hydrogens (tertiary/aromatic N) is 1. The summed E-state index contributed by atoms with van der Waals surface area (Å²) in [6.45, 7) is 0. The standard InChI is InChI=1S/C8H6ClNO4/c1-14-7-3-2-6(9)8(10(12)13)5(7)4-11/h2-4H,1H3. The third-order valence-electron chi connectivity index (χ3n) is 1.65. The molecule has 1 aromatic carbocycles. The molecule has 14 heavy (non-hydrogen) atoms. The topological polar surface area (TPSA) is 69.4 Å². The van der Waals surface area contributed by atoms with Crippen LogP contribution in [0.5, 0.6) is 5.75 Å². The fourth-order valence-electron chi connectivity index (χ4n) is 1.04. The van der Waals surface area contributed by atoms with Gasteiger partial charge in [-0.05, 0) is 12.1 Å². The van der Waals surface area contributed by atoms with Crippen molar-refractivity contribution in [2.24, 2.45) is 0 Å². The van der Waals surface area contributed by atoms with Crippen LogP contribution in [0.2, 0.25) is 5.02 Å². The molecule has 0 atom stereocenters. The van der Waals surface area contributed by atoms with Crippen molar-refractivity contribution in [3.63, 3.8) is 0 Å². The van der Waals surface area contributed by atoms with Crippen LogP contribution in [-0.4, -0.2) is 18.3 Å². The van der Waals surface area contributed by atoms with Crippen LogP contribution in [0.3, 0.4) is 0 Å². The highest BCUT2D eigenvalue weighted by molar-refractivity contribution is 6.33. The Kier molecular flexibility index (Phi) is 3.03. The number of carbonyl (C=O) groups is 1. The molecule has 74 valence electrons. The second-order valence-electron chi connectivity index (χ2n) is 2.39. The maximum atomic E-state index is 10.6. The monoisotopic (exact) mass is 215 g/mol.